The van der Waals surface area contributed by atoms with Gasteiger partial charge < -0.3 is 14.5 Å². The average molecular weight is 513 g/mol. The summed E-state index contributed by atoms with van der Waals surface area (Å²) in [4.78, 5) is 44.7. The van der Waals surface area contributed by atoms with E-state index in [-0.39, 0.29) is 28.1 Å². The summed E-state index contributed by atoms with van der Waals surface area (Å²) in [6.07, 6.45) is 4.80. The van der Waals surface area contributed by atoms with Crippen molar-refractivity contribution in [2.24, 2.45) is 5.41 Å². The van der Waals surface area contributed by atoms with Crippen molar-refractivity contribution >= 4 is 35.2 Å². The maximum atomic E-state index is 13.3. The Morgan fingerprint density at radius 3 is 2.50 bits per heavy atom. The number of nitrogens with zero attached hydrogens (tertiary/aromatic N) is 4. The van der Waals surface area contributed by atoms with Crippen LogP contribution in [-0.4, -0.2) is 64.8 Å². The van der Waals surface area contributed by atoms with Gasteiger partial charge >= 0.3 is 0 Å². The van der Waals surface area contributed by atoms with Gasteiger partial charge in [-0.1, -0.05) is 30.7 Å². The fourth-order valence-electron chi connectivity index (χ4n) is 5.03. The van der Waals surface area contributed by atoms with Gasteiger partial charge in [0, 0.05) is 55.5 Å². The summed E-state index contributed by atoms with van der Waals surface area (Å²) in [5.41, 5.74) is 1.71. The number of piperidine rings is 1. The third kappa shape index (κ3) is 5.51. The molecule has 1 aromatic carbocycles. The molecule has 2 aliphatic rings. The molecule has 0 atom stereocenters. The standard InChI is InChI=1S/C26H29ClN4O5/c1-3-19(13-18-5-4-6-21(14-18)31(34)35)24(32)30-12-9-26(17-30)7-10-29(11-8-26)25(33)20-15-22(27)28-23(16-20)36-2/h4-6,13-16H,3,7-12,17H2,1-2H3. The molecule has 2 saturated heterocycles. The summed E-state index contributed by atoms with van der Waals surface area (Å²) in [5.74, 6) is 0.165. The van der Waals surface area contributed by atoms with E-state index in [0.717, 1.165) is 19.3 Å². The number of nitro groups is 1. The number of non-ortho nitro benzene ring substituents is 1. The first-order chi connectivity index (χ1) is 17.2. The highest BCUT2D eigenvalue weighted by atomic mass is 35.5. The molecule has 36 heavy (non-hydrogen) atoms. The molecule has 0 saturated carbocycles. The van der Waals surface area contributed by atoms with E-state index in [4.69, 9.17) is 16.3 Å². The molecule has 2 fully saturated rings. The monoisotopic (exact) mass is 512 g/mol. The van der Waals surface area contributed by atoms with E-state index in [2.05, 4.69) is 4.98 Å². The minimum absolute atomic E-state index is 0.000523. The lowest BCUT2D eigenvalue weighted by atomic mass is 9.77. The topological polar surface area (TPSA) is 106 Å². The molecule has 10 heteroatoms. The quantitative estimate of drug-likeness (QED) is 0.242. The number of hydrogen-bond donors (Lipinski definition) is 0. The van der Waals surface area contributed by atoms with Crippen LogP contribution in [0.3, 0.4) is 0 Å². The number of aromatic nitrogens is 1. The molecule has 3 heterocycles. The summed E-state index contributed by atoms with van der Waals surface area (Å²) in [5, 5.41) is 11.3. The molecule has 2 amide bonds. The number of rotatable bonds is 6. The van der Waals surface area contributed by atoms with Gasteiger partial charge in [0.1, 0.15) is 5.15 Å². The first-order valence-electron chi connectivity index (χ1n) is 12.0. The van der Waals surface area contributed by atoms with E-state index < -0.39 is 4.92 Å². The van der Waals surface area contributed by atoms with Gasteiger partial charge in [0.25, 0.3) is 11.6 Å². The molecular weight excluding hydrogens is 484 g/mol. The van der Waals surface area contributed by atoms with Gasteiger partial charge in [-0.25, -0.2) is 4.98 Å². The Balaban J connectivity index is 1.40. The third-order valence-corrected chi connectivity index (χ3v) is 7.33. The first kappa shape index (κ1) is 25.6. The van der Waals surface area contributed by atoms with E-state index in [9.17, 15) is 19.7 Å². The predicted octanol–water partition coefficient (Wildman–Crippen LogP) is 4.60. The van der Waals surface area contributed by atoms with Crippen molar-refractivity contribution in [2.45, 2.75) is 32.6 Å². The second kappa shape index (κ2) is 10.7. The molecule has 190 valence electrons. The Labute approximate surface area is 214 Å². The predicted molar refractivity (Wildman–Crippen MR) is 136 cm³/mol. The number of pyridine rings is 1. The van der Waals surface area contributed by atoms with Gasteiger partial charge in [0.15, 0.2) is 0 Å². The Kier molecular flexibility index (Phi) is 7.59. The van der Waals surface area contributed by atoms with E-state index in [1.165, 1.54) is 19.2 Å². The number of carbonyl (C=O) groups is 2. The van der Waals surface area contributed by atoms with Crippen molar-refractivity contribution in [3.8, 4) is 5.88 Å². The lowest BCUT2D eigenvalue weighted by Crippen LogP contribution is -2.44. The van der Waals surface area contributed by atoms with Crippen LogP contribution < -0.4 is 4.74 Å². The van der Waals surface area contributed by atoms with Crippen LogP contribution in [0.25, 0.3) is 6.08 Å². The molecule has 0 bridgehead atoms. The number of amides is 2. The number of likely N-dealkylation sites (tertiary alicyclic amines) is 2. The summed E-state index contributed by atoms with van der Waals surface area (Å²) in [6.45, 7) is 4.43. The van der Waals surface area contributed by atoms with Gasteiger partial charge in [0.05, 0.1) is 12.0 Å². The summed E-state index contributed by atoms with van der Waals surface area (Å²) >= 11 is 6.03. The number of benzene rings is 1. The minimum Gasteiger partial charge on any atom is -0.481 e. The van der Waals surface area contributed by atoms with Crippen LogP contribution in [0.4, 0.5) is 5.69 Å². The zero-order valence-corrected chi connectivity index (χ0v) is 21.2. The molecule has 2 aliphatic heterocycles. The van der Waals surface area contributed by atoms with Crippen LogP contribution in [-0.2, 0) is 4.79 Å². The molecule has 0 aliphatic carbocycles. The highest BCUT2D eigenvalue weighted by Crippen LogP contribution is 2.41. The van der Waals surface area contributed by atoms with Gasteiger partial charge in [-0.3, -0.25) is 19.7 Å². The molecule has 2 aromatic rings. The SMILES string of the molecule is CCC(=Cc1cccc([N+](=O)[O-])c1)C(=O)N1CCC2(CCN(C(=O)c3cc(Cl)nc(OC)c3)CC2)C1. The smallest absolute Gasteiger partial charge is 0.270 e. The fraction of sp³-hybridized carbons (Fsp3) is 0.423. The number of ether oxygens (including phenoxy) is 1. The highest BCUT2D eigenvalue weighted by Gasteiger charge is 2.43. The molecule has 0 unspecified atom stereocenters. The molecule has 1 spiro atoms. The zero-order valence-electron chi connectivity index (χ0n) is 20.4. The van der Waals surface area contributed by atoms with Gasteiger partial charge in [-0.2, -0.15) is 0 Å². The van der Waals surface area contributed by atoms with Gasteiger partial charge in [-0.05, 0) is 48.8 Å². The van der Waals surface area contributed by atoms with E-state index in [0.29, 0.717) is 55.2 Å². The highest BCUT2D eigenvalue weighted by molar-refractivity contribution is 6.29. The first-order valence-corrected chi connectivity index (χ1v) is 12.4. The maximum absolute atomic E-state index is 13.3. The Morgan fingerprint density at radius 2 is 1.86 bits per heavy atom. The van der Waals surface area contributed by atoms with Crippen molar-refractivity contribution < 1.29 is 19.2 Å². The van der Waals surface area contributed by atoms with Crippen LogP contribution >= 0.6 is 11.6 Å². The van der Waals surface area contributed by atoms with Crippen LogP contribution in [0.2, 0.25) is 5.15 Å². The largest absolute Gasteiger partial charge is 0.481 e. The van der Waals surface area contributed by atoms with E-state index in [1.807, 2.05) is 16.7 Å². The third-order valence-electron chi connectivity index (χ3n) is 7.14. The second-order valence-electron chi connectivity index (χ2n) is 9.37. The average Bonchev–Trinajstić information content (AvgIpc) is 3.30. The molecule has 4 rings (SSSR count). The van der Waals surface area contributed by atoms with E-state index >= 15 is 0 Å². The lowest BCUT2D eigenvalue weighted by Gasteiger charge is -2.39. The van der Waals surface area contributed by atoms with Crippen molar-refractivity contribution in [1.29, 1.82) is 0 Å². The van der Waals surface area contributed by atoms with Crippen molar-refractivity contribution in [3.63, 3.8) is 0 Å². The molecular formula is C26H29ClN4O5. The Bertz CT molecular complexity index is 1210. The summed E-state index contributed by atoms with van der Waals surface area (Å²) in [7, 11) is 1.48. The summed E-state index contributed by atoms with van der Waals surface area (Å²) < 4.78 is 5.13. The number of methoxy groups -OCH3 is 1. The van der Waals surface area contributed by atoms with Crippen LogP contribution in [0.1, 0.15) is 48.5 Å². The molecule has 9 nitrogen and oxygen atoms in total. The number of carbonyl (C=O) groups excluding carboxylic acids is 2. The van der Waals surface area contributed by atoms with Crippen molar-refractivity contribution in [1.82, 2.24) is 14.8 Å². The zero-order chi connectivity index (χ0) is 25.9. The van der Waals surface area contributed by atoms with Crippen molar-refractivity contribution in [3.05, 3.63) is 68.4 Å². The molecule has 0 N–H and O–H groups in total. The lowest BCUT2D eigenvalue weighted by molar-refractivity contribution is -0.384. The van der Waals surface area contributed by atoms with Crippen LogP contribution in [0.5, 0.6) is 5.88 Å². The van der Waals surface area contributed by atoms with Crippen LogP contribution in [0, 0.1) is 15.5 Å². The fourth-order valence-corrected chi connectivity index (χ4v) is 5.23. The Hall–Kier alpha value is -3.46. The van der Waals surface area contributed by atoms with Crippen molar-refractivity contribution in [2.75, 3.05) is 33.3 Å². The number of hydrogen-bond acceptors (Lipinski definition) is 6. The van der Waals surface area contributed by atoms with Gasteiger partial charge in [0.2, 0.25) is 11.8 Å². The number of nitro benzene ring substituents is 1. The second-order valence-corrected chi connectivity index (χ2v) is 9.75. The Morgan fingerprint density at radius 1 is 1.17 bits per heavy atom. The van der Waals surface area contributed by atoms with Crippen LogP contribution in [0.15, 0.2) is 42.0 Å². The maximum Gasteiger partial charge on any atom is 0.270 e. The van der Waals surface area contributed by atoms with E-state index in [1.54, 1.807) is 30.3 Å². The minimum atomic E-state index is -0.439. The molecule has 0 radical (unpaired) electrons. The summed E-state index contributed by atoms with van der Waals surface area (Å²) in [6, 6.07) is 9.44. The van der Waals surface area contributed by atoms with Gasteiger partial charge in [-0.15, -0.1) is 0 Å². The normalized spacial score (nSPS) is 17.4. The molecule has 1 aromatic heterocycles. The number of halogens is 1.